The van der Waals surface area contributed by atoms with E-state index in [1.807, 2.05) is 36.9 Å². The molecule has 0 saturated carbocycles. The minimum absolute atomic E-state index is 0.0518. The van der Waals surface area contributed by atoms with Gasteiger partial charge in [-0.3, -0.25) is 14.9 Å². The Morgan fingerprint density at radius 1 is 1.03 bits per heavy atom. The van der Waals surface area contributed by atoms with Crippen molar-refractivity contribution in [1.29, 1.82) is 0 Å². The van der Waals surface area contributed by atoms with E-state index < -0.39 is 14.8 Å². The Bertz CT molecular complexity index is 1070. The molecule has 8 nitrogen and oxygen atoms in total. The molecule has 29 heavy (non-hydrogen) atoms. The van der Waals surface area contributed by atoms with Crippen LogP contribution in [0.4, 0.5) is 11.4 Å². The number of sulfone groups is 1. The minimum atomic E-state index is -3.54. The minimum Gasteiger partial charge on any atom is -0.362 e. The molecule has 0 N–H and O–H groups in total. The number of carbonyl (C=O) groups is 1. The van der Waals surface area contributed by atoms with Crippen molar-refractivity contribution in [3.8, 4) is 0 Å². The lowest BCUT2D eigenvalue weighted by Crippen LogP contribution is -2.49. The van der Waals surface area contributed by atoms with Crippen LogP contribution in [0.5, 0.6) is 0 Å². The van der Waals surface area contributed by atoms with Crippen molar-refractivity contribution in [2.24, 2.45) is 0 Å². The molecular formula is C20H23N3O5S. The van der Waals surface area contributed by atoms with Gasteiger partial charge in [-0.05, 0) is 37.6 Å². The lowest BCUT2D eigenvalue weighted by atomic mass is 10.0. The number of hydrogen-bond acceptors (Lipinski definition) is 6. The van der Waals surface area contributed by atoms with Crippen molar-refractivity contribution in [1.82, 2.24) is 4.90 Å². The summed E-state index contributed by atoms with van der Waals surface area (Å²) in [5.74, 6) is -0.0518. The first-order chi connectivity index (χ1) is 13.6. The molecule has 2 aromatic carbocycles. The van der Waals surface area contributed by atoms with E-state index in [0.717, 1.165) is 23.4 Å². The second-order valence-electron chi connectivity index (χ2n) is 7.28. The zero-order valence-corrected chi connectivity index (χ0v) is 17.4. The lowest BCUT2D eigenvalue weighted by molar-refractivity contribution is -0.384. The van der Waals surface area contributed by atoms with Gasteiger partial charge in [0.2, 0.25) is 0 Å². The van der Waals surface area contributed by atoms with Crippen LogP contribution >= 0.6 is 0 Å². The molecule has 1 aliphatic rings. The quantitative estimate of drug-likeness (QED) is 0.560. The summed E-state index contributed by atoms with van der Waals surface area (Å²) >= 11 is 0. The zero-order valence-electron chi connectivity index (χ0n) is 16.6. The molecule has 0 aliphatic carbocycles. The van der Waals surface area contributed by atoms with Crippen LogP contribution in [0.15, 0.2) is 41.3 Å². The van der Waals surface area contributed by atoms with Crippen molar-refractivity contribution >= 4 is 27.1 Å². The Morgan fingerprint density at radius 3 is 2.24 bits per heavy atom. The summed E-state index contributed by atoms with van der Waals surface area (Å²) < 4.78 is 23.4. The second kappa shape index (κ2) is 7.82. The van der Waals surface area contributed by atoms with Gasteiger partial charge in [-0.25, -0.2) is 8.42 Å². The average Bonchev–Trinajstić information content (AvgIpc) is 2.66. The third-order valence-electron chi connectivity index (χ3n) is 5.09. The molecular weight excluding hydrogens is 394 g/mol. The summed E-state index contributed by atoms with van der Waals surface area (Å²) in [6.45, 7) is 5.59. The first-order valence-electron chi connectivity index (χ1n) is 9.18. The van der Waals surface area contributed by atoms with E-state index >= 15 is 0 Å². The maximum absolute atomic E-state index is 12.8. The van der Waals surface area contributed by atoms with E-state index in [-0.39, 0.29) is 16.5 Å². The summed E-state index contributed by atoms with van der Waals surface area (Å²) in [6, 6.07) is 9.65. The number of anilines is 1. The number of nitro benzene ring substituents is 1. The lowest BCUT2D eigenvalue weighted by Gasteiger charge is -2.36. The van der Waals surface area contributed by atoms with E-state index in [2.05, 4.69) is 0 Å². The van der Waals surface area contributed by atoms with Gasteiger partial charge in [0.05, 0.1) is 9.82 Å². The smallest absolute Gasteiger partial charge is 0.293 e. The zero-order chi connectivity index (χ0) is 21.3. The molecule has 2 aromatic rings. The Kier molecular flexibility index (Phi) is 5.61. The van der Waals surface area contributed by atoms with Crippen LogP contribution in [0.2, 0.25) is 0 Å². The molecule has 1 heterocycles. The fraction of sp³-hybridized carbons (Fsp3) is 0.350. The highest BCUT2D eigenvalue weighted by atomic mass is 32.2. The average molecular weight is 417 g/mol. The molecule has 0 spiro atoms. The normalized spacial score (nSPS) is 14.7. The number of aryl methyl sites for hydroxylation is 2. The van der Waals surface area contributed by atoms with Crippen LogP contribution in [0.25, 0.3) is 0 Å². The summed E-state index contributed by atoms with van der Waals surface area (Å²) in [7, 11) is -3.54. The first-order valence-corrected chi connectivity index (χ1v) is 11.1. The topological polar surface area (TPSA) is 101 Å². The molecule has 154 valence electrons. The highest BCUT2D eigenvalue weighted by Crippen LogP contribution is 2.31. The molecule has 1 aliphatic heterocycles. The van der Waals surface area contributed by atoms with Crippen LogP contribution in [0, 0.1) is 24.0 Å². The molecule has 0 atom stereocenters. The molecule has 1 amide bonds. The van der Waals surface area contributed by atoms with Gasteiger partial charge in [0.15, 0.2) is 9.84 Å². The van der Waals surface area contributed by atoms with Gasteiger partial charge in [-0.2, -0.15) is 0 Å². The summed E-state index contributed by atoms with van der Waals surface area (Å²) in [4.78, 5) is 27.2. The van der Waals surface area contributed by atoms with Gasteiger partial charge in [0.1, 0.15) is 5.69 Å². The van der Waals surface area contributed by atoms with Gasteiger partial charge in [-0.1, -0.05) is 17.7 Å². The molecule has 9 heteroatoms. The number of nitro groups is 1. The maximum atomic E-state index is 12.8. The number of piperazine rings is 1. The molecule has 0 unspecified atom stereocenters. The van der Waals surface area contributed by atoms with Crippen LogP contribution < -0.4 is 4.90 Å². The van der Waals surface area contributed by atoms with E-state index in [1.165, 1.54) is 12.1 Å². The number of amides is 1. The van der Waals surface area contributed by atoms with Gasteiger partial charge >= 0.3 is 0 Å². The van der Waals surface area contributed by atoms with E-state index in [9.17, 15) is 23.3 Å². The molecule has 0 bridgehead atoms. The Morgan fingerprint density at radius 2 is 1.69 bits per heavy atom. The third-order valence-corrected chi connectivity index (χ3v) is 6.20. The van der Waals surface area contributed by atoms with E-state index in [0.29, 0.717) is 37.4 Å². The molecule has 1 fully saturated rings. The number of nitrogens with zero attached hydrogens (tertiary/aromatic N) is 3. The van der Waals surface area contributed by atoms with Crippen LogP contribution in [-0.2, 0) is 9.84 Å². The Hall–Kier alpha value is -2.94. The standard InChI is InChI=1S/C20H23N3O5S/c1-14-4-6-17(15(2)12-14)20(24)22-10-8-21(9-11-22)18-7-5-16(29(3,27)28)13-19(18)23(25)26/h4-7,12-13H,8-11H2,1-3H3. The number of hydrogen-bond donors (Lipinski definition) is 0. The van der Waals surface area contributed by atoms with Gasteiger partial charge < -0.3 is 9.80 Å². The van der Waals surface area contributed by atoms with Gasteiger partial charge in [0.25, 0.3) is 11.6 Å². The number of rotatable bonds is 4. The third kappa shape index (κ3) is 4.40. The summed E-state index contributed by atoms with van der Waals surface area (Å²) in [6.07, 6.45) is 1.02. The van der Waals surface area contributed by atoms with Gasteiger partial charge in [-0.15, -0.1) is 0 Å². The fourth-order valence-electron chi connectivity index (χ4n) is 3.52. The largest absolute Gasteiger partial charge is 0.362 e. The summed E-state index contributed by atoms with van der Waals surface area (Å²) in [5.41, 5.74) is 2.79. The Labute approximate surface area is 169 Å². The second-order valence-corrected chi connectivity index (χ2v) is 9.29. The first kappa shape index (κ1) is 20.8. The highest BCUT2D eigenvalue weighted by molar-refractivity contribution is 7.90. The van der Waals surface area contributed by atoms with Crippen LogP contribution in [-0.4, -0.2) is 56.6 Å². The van der Waals surface area contributed by atoms with Crippen molar-refractivity contribution in [2.75, 3.05) is 37.3 Å². The number of benzene rings is 2. The van der Waals surface area contributed by atoms with Crippen molar-refractivity contribution in [3.05, 3.63) is 63.2 Å². The predicted molar refractivity (Wildman–Crippen MR) is 110 cm³/mol. The SMILES string of the molecule is Cc1ccc(C(=O)N2CCN(c3ccc(S(C)(=O)=O)cc3[N+](=O)[O-])CC2)c(C)c1. The van der Waals surface area contributed by atoms with Crippen LogP contribution in [0.3, 0.4) is 0 Å². The van der Waals surface area contributed by atoms with E-state index in [4.69, 9.17) is 0 Å². The van der Waals surface area contributed by atoms with E-state index in [1.54, 1.807) is 4.90 Å². The predicted octanol–water partition coefficient (Wildman–Crippen LogP) is 2.58. The van der Waals surface area contributed by atoms with Crippen molar-refractivity contribution in [3.63, 3.8) is 0 Å². The van der Waals surface area contributed by atoms with Crippen molar-refractivity contribution in [2.45, 2.75) is 18.7 Å². The summed E-state index contributed by atoms with van der Waals surface area (Å²) in [5, 5.41) is 11.5. The number of carbonyl (C=O) groups excluding carboxylic acids is 1. The molecule has 3 rings (SSSR count). The van der Waals surface area contributed by atoms with Crippen molar-refractivity contribution < 1.29 is 18.1 Å². The Balaban J connectivity index is 1.78. The molecule has 0 aromatic heterocycles. The monoisotopic (exact) mass is 417 g/mol. The molecule has 0 radical (unpaired) electrons. The van der Waals surface area contributed by atoms with Crippen LogP contribution in [0.1, 0.15) is 21.5 Å². The maximum Gasteiger partial charge on any atom is 0.293 e. The highest BCUT2D eigenvalue weighted by Gasteiger charge is 2.28. The molecule has 1 saturated heterocycles. The fourth-order valence-corrected chi connectivity index (χ4v) is 4.16. The van der Waals surface area contributed by atoms with Gasteiger partial charge in [0, 0.05) is 44.1 Å².